The summed E-state index contributed by atoms with van der Waals surface area (Å²) in [6, 6.07) is 7.45. The predicted molar refractivity (Wildman–Crippen MR) is 63.4 cm³/mol. The summed E-state index contributed by atoms with van der Waals surface area (Å²) in [6.45, 7) is 0.703. The van der Waals surface area contributed by atoms with Crippen molar-refractivity contribution in [1.29, 1.82) is 0 Å². The molecule has 1 unspecified atom stereocenters. The van der Waals surface area contributed by atoms with Crippen LogP contribution in [-0.2, 0) is 4.74 Å². The van der Waals surface area contributed by atoms with Gasteiger partial charge < -0.3 is 9.47 Å². The molecule has 0 amide bonds. The highest BCUT2D eigenvalue weighted by Crippen LogP contribution is 2.27. The number of ketones is 1. The minimum atomic E-state index is -0.244. The molecule has 0 spiro atoms. The molecule has 0 radical (unpaired) electrons. The van der Waals surface area contributed by atoms with Gasteiger partial charge in [0.25, 0.3) is 0 Å². The van der Waals surface area contributed by atoms with E-state index in [9.17, 15) is 4.79 Å². The molecule has 90 valence electrons. The molecule has 3 rings (SSSR count). The molecule has 3 nitrogen and oxygen atoms in total. The number of rotatable bonds is 4. The van der Waals surface area contributed by atoms with E-state index in [4.69, 9.17) is 9.47 Å². The normalized spacial score (nSPS) is 23.6. The summed E-state index contributed by atoms with van der Waals surface area (Å²) < 4.78 is 11.1. The van der Waals surface area contributed by atoms with Crippen molar-refractivity contribution in [3.63, 3.8) is 0 Å². The number of hydrogen-bond donors (Lipinski definition) is 0. The van der Waals surface area contributed by atoms with Crippen LogP contribution in [0, 0.1) is 0 Å². The van der Waals surface area contributed by atoms with Crippen LogP contribution in [0.5, 0.6) is 5.75 Å². The van der Waals surface area contributed by atoms with Crippen molar-refractivity contribution >= 4 is 5.78 Å². The van der Waals surface area contributed by atoms with Crippen molar-refractivity contribution in [1.82, 2.24) is 0 Å². The Hall–Kier alpha value is -1.35. The first-order chi connectivity index (χ1) is 8.33. The molecule has 1 aliphatic heterocycles. The molecule has 2 aliphatic rings. The molecule has 1 aliphatic carbocycles. The highest BCUT2D eigenvalue weighted by molar-refractivity contribution is 5.99. The molecule has 1 aromatic carbocycles. The van der Waals surface area contributed by atoms with Crippen molar-refractivity contribution in [3.8, 4) is 5.75 Å². The Labute approximate surface area is 101 Å². The van der Waals surface area contributed by atoms with Gasteiger partial charge in [0.05, 0.1) is 6.10 Å². The second-order valence-corrected chi connectivity index (χ2v) is 4.71. The van der Waals surface area contributed by atoms with Crippen LogP contribution in [0.15, 0.2) is 24.3 Å². The van der Waals surface area contributed by atoms with Crippen molar-refractivity contribution in [2.24, 2.45) is 0 Å². The van der Waals surface area contributed by atoms with E-state index in [1.54, 1.807) is 0 Å². The lowest BCUT2D eigenvalue weighted by Crippen LogP contribution is -2.19. The monoisotopic (exact) mass is 232 g/mol. The maximum absolute atomic E-state index is 12.1. The number of hydrogen-bond acceptors (Lipinski definition) is 3. The van der Waals surface area contributed by atoms with Crippen molar-refractivity contribution in [2.45, 2.75) is 37.9 Å². The lowest BCUT2D eigenvalue weighted by molar-refractivity contribution is 0.0642. The van der Waals surface area contributed by atoms with Crippen LogP contribution in [0.4, 0.5) is 0 Å². The third kappa shape index (κ3) is 2.50. The maximum atomic E-state index is 12.1. The molecule has 2 fully saturated rings. The quantitative estimate of drug-likeness (QED) is 0.748. The standard InChI is InChI=1S/C14H16O3/c15-14(13-5-2-8-16-13)10-3-1-4-12(9-10)17-11-6-7-11/h1,3-4,9,11,13H,2,5-8H2. The van der Waals surface area contributed by atoms with Crippen LogP contribution in [0.3, 0.4) is 0 Å². The summed E-state index contributed by atoms with van der Waals surface area (Å²) in [7, 11) is 0. The van der Waals surface area contributed by atoms with Crippen molar-refractivity contribution in [3.05, 3.63) is 29.8 Å². The number of carbonyl (C=O) groups excluding carboxylic acids is 1. The molecular formula is C14H16O3. The van der Waals surface area contributed by atoms with Crippen LogP contribution >= 0.6 is 0 Å². The van der Waals surface area contributed by atoms with Gasteiger partial charge in [-0.2, -0.15) is 0 Å². The van der Waals surface area contributed by atoms with Gasteiger partial charge in [-0.25, -0.2) is 0 Å². The Morgan fingerprint density at radius 2 is 2.18 bits per heavy atom. The Morgan fingerprint density at radius 3 is 2.88 bits per heavy atom. The fraction of sp³-hybridized carbons (Fsp3) is 0.500. The van der Waals surface area contributed by atoms with Gasteiger partial charge in [0.2, 0.25) is 0 Å². The minimum absolute atomic E-state index is 0.0868. The van der Waals surface area contributed by atoms with Gasteiger partial charge in [-0.1, -0.05) is 12.1 Å². The first kappa shape index (κ1) is 10.8. The molecule has 17 heavy (non-hydrogen) atoms. The van der Waals surface area contributed by atoms with Gasteiger partial charge in [-0.05, 0) is 37.8 Å². The van der Waals surface area contributed by atoms with Gasteiger partial charge in [0.15, 0.2) is 5.78 Å². The topological polar surface area (TPSA) is 35.5 Å². The largest absolute Gasteiger partial charge is 0.490 e. The summed E-state index contributed by atoms with van der Waals surface area (Å²) in [5.74, 6) is 0.889. The second kappa shape index (κ2) is 4.49. The van der Waals surface area contributed by atoms with Gasteiger partial charge in [0, 0.05) is 12.2 Å². The van der Waals surface area contributed by atoms with E-state index >= 15 is 0 Å². The Bertz CT molecular complexity index is 417. The minimum Gasteiger partial charge on any atom is -0.490 e. The summed E-state index contributed by atoms with van der Waals surface area (Å²) in [5.41, 5.74) is 0.704. The van der Waals surface area contributed by atoms with Crippen LogP contribution in [-0.4, -0.2) is 24.6 Å². The lowest BCUT2D eigenvalue weighted by Gasteiger charge is -2.10. The van der Waals surface area contributed by atoms with E-state index in [0.29, 0.717) is 18.3 Å². The molecule has 1 heterocycles. The van der Waals surface area contributed by atoms with Crippen molar-refractivity contribution in [2.75, 3.05) is 6.61 Å². The molecule has 3 heteroatoms. The highest BCUT2D eigenvalue weighted by Gasteiger charge is 2.26. The zero-order valence-corrected chi connectivity index (χ0v) is 9.72. The van der Waals surface area contributed by atoms with Crippen LogP contribution in [0.1, 0.15) is 36.0 Å². The third-order valence-electron chi connectivity index (χ3n) is 3.17. The summed E-state index contributed by atoms with van der Waals surface area (Å²) in [6.07, 6.45) is 4.20. The summed E-state index contributed by atoms with van der Waals surface area (Å²) in [5, 5.41) is 0. The van der Waals surface area contributed by atoms with E-state index in [0.717, 1.165) is 31.4 Å². The zero-order chi connectivity index (χ0) is 11.7. The number of ether oxygens (including phenoxy) is 2. The fourth-order valence-electron chi connectivity index (χ4n) is 2.07. The second-order valence-electron chi connectivity index (χ2n) is 4.71. The van der Waals surface area contributed by atoms with E-state index < -0.39 is 0 Å². The van der Waals surface area contributed by atoms with Gasteiger partial charge in [0.1, 0.15) is 11.9 Å². The molecule has 1 saturated heterocycles. The Kier molecular flexibility index (Phi) is 2.85. The lowest BCUT2D eigenvalue weighted by atomic mass is 10.0. The zero-order valence-electron chi connectivity index (χ0n) is 9.72. The summed E-state index contributed by atoms with van der Waals surface area (Å²) >= 11 is 0. The molecule has 0 N–H and O–H groups in total. The molecule has 1 atom stereocenters. The van der Waals surface area contributed by atoms with E-state index in [1.165, 1.54) is 0 Å². The van der Waals surface area contributed by atoms with Crippen molar-refractivity contribution < 1.29 is 14.3 Å². The average molecular weight is 232 g/mol. The number of benzene rings is 1. The third-order valence-corrected chi connectivity index (χ3v) is 3.17. The first-order valence-electron chi connectivity index (χ1n) is 6.25. The Balaban J connectivity index is 1.74. The SMILES string of the molecule is O=C(c1cccc(OC2CC2)c1)C1CCCO1. The van der Waals surface area contributed by atoms with Crippen LogP contribution < -0.4 is 4.74 Å². The van der Waals surface area contributed by atoms with Gasteiger partial charge >= 0.3 is 0 Å². The van der Waals surface area contributed by atoms with E-state index in [1.807, 2.05) is 24.3 Å². The fourth-order valence-corrected chi connectivity index (χ4v) is 2.07. The first-order valence-corrected chi connectivity index (χ1v) is 6.25. The molecule has 0 aromatic heterocycles. The van der Waals surface area contributed by atoms with Crippen LogP contribution in [0.25, 0.3) is 0 Å². The maximum Gasteiger partial charge on any atom is 0.191 e. The highest BCUT2D eigenvalue weighted by atomic mass is 16.5. The molecule has 1 aromatic rings. The molecule has 1 saturated carbocycles. The van der Waals surface area contributed by atoms with Gasteiger partial charge in [-0.15, -0.1) is 0 Å². The molecule has 0 bridgehead atoms. The molecular weight excluding hydrogens is 216 g/mol. The Morgan fingerprint density at radius 1 is 1.29 bits per heavy atom. The smallest absolute Gasteiger partial charge is 0.191 e. The van der Waals surface area contributed by atoms with Gasteiger partial charge in [-0.3, -0.25) is 4.79 Å². The number of Topliss-reactive ketones (excluding diaryl/α,β-unsaturated/α-hetero) is 1. The van der Waals surface area contributed by atoms with Crippen LogP contribution in [0.2, 0.25) is 0 Å². The average Bonchev–Trinajstić information content (AvgIpc) is 2.99. The van der Waals surface area contributed by atoms with E-state index in [2.05, 4.69) is 0 Å². The summed E-state index contributed by atoms with van der Waals surface area (Å²) in [4.78, 5) is 12.1. The predicted octanol–water partition coefficient (Wildman–Crippen LogP) is 2.59. The number of carbonyl (C=O) groups is 1. The van der Waals surface area contributed by atoms with E-state index in [-0.39, 0.29) is 11.9 Å².